The Balaban J connectivity index is 1.45. The average molecular weight is 409 g/mol. The van der Waals surface area contributed by atoms with Gasteiger partial charge in [0.25, 0.3) is 5.69 Å². The molecule has 0 aliphatic carbocycles. The maximum Gasteiger partial charge on any atom is 0.414 e. The molecule has 4 rings (SSSR count). The van der Waals surface area contributed by atoms with Gasteiger partial charge in [-0.15, -0.1) is 0 Å². The molecule has 30 heavy (non-hydrogen) atoms. The zero-order valence-corrected chi connectivity index (χ0v) is 16.0. The summed E-state index contributed by atoms with van der Waals surface area (Å²) in [5.74, 6) is -0.218. The van der Waals surface area contributed by atoms with Crippen molar-refractivity contribution in [3.05, 3.63) is 80.5 Å². The first-order valence-corrected chi connectivity index (χ1v) is 9.41. The third-order valence-corrected chi connectivity index (χ3v) is 4.98. The zero-order chi connectivity index (χ0) is 21.1. The van der Waals surface area contributed by atoms with Crippen LogP contribution in [0.1, 0.15) is 5.56 Å². The first kappa shape index (κ1) is 19.5. The van der Waals surface area contributed by atoms with Crippen LogP contribution in [0.4, 0.5) is 11.5 Å². The number of hydrogen-bond donors (Lipinski definition) is 0. The van der Waals surface area contributed by atoms with E-state index in [2.05, 4.69) is 9.88 Å². The SMILES string of the molecule is O=[N+]([O-])c1cn2c(n1)OCCN(Cc1ccc(-c3ccccc3[N+](=O)[O-])cc1)CC2. The lowest BCUT2D eigenvalue weighted by atomic mass is 10.0. The number of fused-ring (bicyclic) bond motifs is 1. The minimum absolute atomic E-state index is 0.0800. The number of nitro groups is 2. The van der Waals surface area contributed by atoms with Crippen LogP contribution in [-0.4, -0.2) is 44.0 Å². The van der Waals surface area contributed by atoms with E-state index in [9.17, 15) is 20.2 Å². The molecule has 0 unspecified atom stereocenters. The second-order valence-electron chi connectivity index (χ2n) is 6.93. The van der Waals surface area contributed by atoms with E-state index in [4.69, 9.17) is 4.74 Å². The van der Waals surface area contributed by atoms with Crippen LogP contribution in [0.15, 0.2) is 54.7 Å². The molecule has 2 aromatic carbocycles. The minimum Gasteiger partial charge on any atom is -0.444 e. The summed E-state index contributed by atoms with van der Waals surface area (Å²) in [6.07, 6.45) is 1.39. The first-order valence-electron chi connectivity index (χ1n) is 9.41. The van der Waals surface area contributed by atoms with Gasteiger partial charge in [-0.25, -0.2) is 0 Å². The smallest absolute Gasteiger partial charge is 0.414 e. The molecule has 1 aromatic heterocycles. The summed E-state index contributed by atoms with van der Waals surface area (Å²) in [5.41, 5.74) is 2.52. The molecule has 0 N–H and O–H groups in total. The van der Waals surface area contributed by atoms with Gasteiger partial charge in [0.15, 0.2) is 0 Å². The molecule has 1 aliphatic rings. The molecule has 0 radical (unpaired) electrons. The first-order chi connectivity index (χ1) is 14.5. The molecule has 0 fully saturated rings. The summed E-state index contributed by atoms with van der Waals surface area (Å²) in [5, 5.41) is 22.2. The van der Waals surface area contributed by atoms with Gasteiger partial charge in [0, 0.05) is 37.2 Å². The number of aromatic nitrogens is 2. The van der Waals surface area contributed by atoms with Crippen molar-refractivity contribution in [2.24, 2.45) is 0 Å². The molecular weight excluding hydrogens is 390 g/mol. The van der Waals surface area contributed by atoms with Crippen LogP contribution >= 0.6 is 0 Å². The molecule has 1 aliphatic heterocycles. The third-order valence-electron chi connectivity index (χ3n) is 4.98. The summed E-state index contributed by atoms with van der Waals surface area (Å²) >= 11 is 0. The number of rotatable bonds is 5. The summed E-state index contributed by atoms with van der Waals surface area (Å²) < 4.78 is 7.24. The predicted molar refractivity (Wildman–Crippen MR) is 108 cm³/mol. The number of nitro benzene ring substituents is 1. The molecule has 154 valence electrons. The minimum atomic E-state index is -0.530. The van der Waals surface area contributed by atoms with Crippen molar-refractivity contribution < 1.29 is 14.6 Å². The second kappa shape index (κ2) is 8.29. The Morgan fingerprint density at radius 3 is 2.47 bits per heavy atom. The quantitative estimate of drug-likeness (QED) is 0.469. The van der Waals surface area contributed by atoms with E-state index in [1.54, 1.807) is 22.8 Å². The lowest BCUT2D eigenvalue weighted by Gasteiger charge is -2.24. The Bertz CT molecular complexity index is 1080. The Morgan fingerprint density at radius 1 is 0.967 bits per heavy atom. The van der Waals surface area contributed by atoms with Crippen molar-refractivity contribution in [2.75, 3.05) is 19.7 Å². The molecule has 0 saturated heterocycles. The van der Waals surface area contributed by atoms with E-state index in [-0.39, 0.29) is 22.4 Å². The van der Waals surface area contributed by atoms with E-state index >= 15 is 0 Å². The van der Waals surface area contributed by atoms with Gasteiger partial charge >= 0.3 is 11.8 Å². The Morgan fingerprint density at radius 2 is 1.73 bits per heavy atom. The van der Waals surface area contributed by atoms with Crippen molar-refractivity contribution in [1.82, 2.24) is 14.5 Å². The fraction of sp³-hybridized carbons (Fsp3) is 0.250. The highest BCUT2D eigenvalue weighted by molar-refractivity contribution is 5.73. The molecule has 0 atom stereocenters. The van der Waals surface area contributed by atoms with Crippen molar-refractivity contribution in [3.63, 3.8) is 0 Å². The standard InChI is InChI=1S/C20H19N5O5/c26-24(27)18-4-2-1-3-17(18)16-7-5-15(6-8-16)13-22-9-10-23-14-19(25(28)29)21-20(23)30-12-11-22/h1-8,14H,9-13H2. The molecule has 0 bridgehead atoms. The number of nitrogens with zero attached hydrogens (tertiary/aromatic N) is 5. The van der Waals surface area contributed by atoms with Gasteiger partial charge < -0.3 is 14.9 Å². The number of benzene rings is 2. The van der Waals surface area contributed by atoms with Gasteiger partial charge in [0.05, 0.1) is 10.5 Å². The van der Waals surface area contributed by atoms with Crippen LogP contribution in [-0.2, 0) is 13.1 Å². The van der Waals surface area contributed by atoms with Crippen LogP contribution in [0.5, 0.6) is 6.01 Å². The van der Waals surface area contributed by atoms with Gasteiger partial charge in [0.2, 0.25) is 0 Å². The van der Waals surface area contributed by atoms with Crippen molar-refractivity contribution in [3.8, 4) is 17.1 Å². The maximum absolute atomic E-state index is 11.3. The van der Waals surface area contributed by atoms with Gasteiger partial charge in [-0.1, -0.05) is 36.4 Å². The number of hydrogen-bond acceptors (Lipinski definition) is 7. The molecular formula is C20H19N5O5. The number of para-hydroxylation sites is 1. The average Bonchev–Trinajstić information content (AvgIpc) is 3.13. The predicted octanol–water partition coefficient (Wildman–Crippen LogP) is 3.26. The Hall–Kier alpha value is -3.79. The van der Waals surface area contributed by atoms with Crippen molar-refractivity contribution >= 4 is 11.5 Å². The second-order valence-corrected chi connectivity index (χ2v) is 6.93. The highest BCUT2D eigenvalue weighted by Crippen LogP contribution is 2.29. The van der Waals surface area contributed by atoms with Crippen LogP contribution in [0.3, 0.4) is 0 Å². The molecule has 10 nitrogen and oxygen atoms in total. The maximum atomic E-state index is 11.3. The van der Waals surface area contributed by atoms with Crippen LogP contribution < -0.4 is 4.74 Å². The Labute approximate surface area is 171 Å². The zero-order valence-electron chi connectivity index (χ0n) is 16.0. The fourth-order valence-electron chi connectivity index (χ4n) is 3.46. The summed E-state index contributed by atoms with van der Waals surface area (Å²) in [6.45, 7) is 2.93. The van der Waals surface area contributed by atoms with Crippen LogP contribution in [0, 0.1) is 20.2 Å². The van der Waals surface area contributed by atoms with E-state index in [1.165, 1.54) is 12.3 Å². The van der Waals surface area contributed by atoms with E-state index in [1.807, 2.05) is 24.3 Å². The molecule has 2 heterocycles. The number of ether oxygens (including phenoxy) is 1. The third kappa shape index (κ3) is 4.13. The van der Waals surface area contributed by atoms with Gasteiger partial charge in [0.1, 0.15) is 12.8 Å². The van der Waals surface area contributed by atoms with Crippen LogP contribution in [0.2, 0.25) is 0 Å². The monoisotopic (exact) mass is 409 g/mol. The summed E-state index contributed by atoms with van der Waals surface area (Å²) in [4.78, 5) is 27.3. The summed E-state index contributed by atoms with van der Waals surface area (Å²) in [7, 11) is 0. The lowest BCUT2D eigenvalue weighted by molar-refractivity contribution is -0.389. The van der Waals surface area contributed by atoms with Gasteiger partial charge in [-0.3, -0.25) is 19.6 Å². The van der Waals surface area contributed by atoms with Crippen molar-refractivity contribution in [1.29, 1.82) is 0 Å². The fourth-order valence-corrected chi connectivity index (χ4v) is 3.46. The van der Waals surface area contributed by atoms with Crippen LogP contribution in [0.25, 0.3) is 11.1 Å². The topological polar surface area (TPSA) is 117 Å². The summed E-state index contributed by atoms with van der Waals surface area (Å²) in [6, 6.07) is 14.6. The normalized spacial score (nSPS) is 14.3. The molecule has 0 saturated carbocycles. The lowest BCUT2D eigenvalue weighted by Crippen LogP contribution is -2.33. The van der Waals surface area contributed by atoms with Crippen molar-refractivity contribution in [2.45, 2.75) is 13.1 Å². The van der Waals surface area contributed by atoms with E-state index < -0.39 is 4.92 Å². The molecule has 10 heteroatoms. The molecule has 3 aromatic rings. The molecule has 0 spiro atoms. The van der Waals surface area contributed by atoms with Gasteiger partial charge in [-0.05, 0) is 22.1 Å². The van der Waals surface area contributed by atoms with Gasteiger partial charge in [-0.2, -0.15) is 0 Å². The Kier molecular flexibility index (Phi) is 5.40. The van der Waals surface area contributed by atoms with E-state index in [0.717, 1.165) is 11.1 Å². The largest absolute Gasteiger partial charge is 0.444 e. The number of imidazole rings is 1. The molecule has 0 amide bonds. The highest BCUT2D eigenvalue weighted by atomic mass is 16.6. The highest BCUT2D eigenvalue weighted by Gasteiger charge is 2.23. The van der Waals surface area contributed by atoms with E-state index in [0.29, 0.717) is 38.3 Å².